The normalized spacial score (nSPS) is 41.8. The summed E-state index contributed by atoms with van der Waals surface area (Å²) in [5.41, 5.74) is 0.209. The molecule has 4 rings (SSSR count). The van der Waals surface area contributed by atoms with E-state index >= 15 is 0 Å². The number of hydrogen-bond donors (Lipinski definition) is 2. The van der Waals surface area contributed by atoms with Crippen LogP contribution in [0.15, 0.2) is 11.0 Å². The number of epoxide rings is 1. The molecular weight excluding hydrogens is 478 g/mol. The minimum Gasteiger partial charge on any atom is -0.458 e. The zero-order chi connectivity index (χ0) is 26.6. The van der Waals surface area contributed by atoms with Gasteiger partial charge in [0.05, 0.1) is 46.5 Å². The van der Waals surface area contributed by atoms with Crippen molar-refractivity contribution in [2.75, 3.05) is 0 Å². The van der Waals surface area contributed by atoms with E-state index in [2.05, 4.69) is 11.9 Å². The molecule has 0 radical (unpaired) electrons. The van der Waals surface area contributed by atoms with Crippen LogP contribution in [0.4, 0.5) is 0 Å². The first-order valence-electron chi connectivity index (χ1n) is 13.1. The van der Waals surface area contributed by atoms with Crippen LogP contribution in [0.5, 0.6) is 0 Å². The smallest absolute Gasteiger partial charge is 0.309 e. The van der Waals surface area contributed by atoms with Crippen molar-refractivity contribution in [1.29, 1.82) is 0 Å². The van der Waals surface area contributed by atoms with E-state index in [-0.39, 0.29) is 29.8 Å². The monoisotopic (exact) mass is 519 g/mol. The molecule has 200 valence electrons. The number of ketones is 1. The number of ether oxygens (including phenoxy) is 2. The molecule has 7 nitrogen and oxygen atoms in total. The van der Waals surface area contributed by atoms with Crippen LogP contribution in [0, 0.1) is 36.0 Å². The Morgan fingerprint density at radius 2 is 1.89 bits per heavy atom. The second-order valence-electron chi connectivity index (χ2n) is 12.1. The number of rotatable bonds is 2. The van der Waals surface area contributed by atoms with E-state index in [0.717, 1.165) is 29.1 Å². The van der Waals surface area contributed by atoms with E-state index in [0.29, 0.717) is 18.3 Å². The number of aromatic nitrogens is 1. The van der Waals surface area contributed by atoms with Gasteiger partial charge in [-0.1, -0.05) is 27.7 Å². The van der Waals surface area contributed by atoms with Crippen LogP contribution < -0.4 is 0 Å². The van der Waals surface area contributed by atoms with Gasteiger partial charge in [0.25, 0.3) is 0 Å². The van der Waals surface area contributed by atoms with Gasteiger partial charge in [-0.2, -0.15) is 0 Å². The zero-order valence-corrected chi connectivity index (χ0v) is 23.3. The molecule has 0 amide bonds. The fraction of sp³-hybridized carbons (Fsp3) is 0.750. The number of carbonyl (C=O) groups excluding carboxylic acids is 2. The summed E-state index contributed by atoms with van der Waals surface area (Å²) in [6.07, 6.45) is 1.49. The standard InChI is InChI=1S/C28H41NO6S/c1-14(8-19-13-36-17(4)29-19)21-10-23-28(7,35-23)12-18-9-20(18)15(2)25(32)16(3)26(33)27(5,6)22(30)11-24(31)34-21/h8,13,15-16,18,20-23,25,30,32H,9-12H2,1-7H3/b14-8+/t15-,16+,18+,20+,21-,22-,23-,25-,28+/m0/s1. The third kappa shape index (κ3) is 5.62. The predicted octanol–water partition coefficient (Wildman–Crippen LogP) is 4.33. The van der Waals surface area contributed by atoms with Gasteiger partial charge in [-0.25, -0.2) is 4.98 Å². The Labute approximate surface area is 218 Å². The highest BCUT2D eigenvalue weighted by Gasteiger charge is 2.58. The van der Waals surface area contributed by atoms with Gasteiger partial charge in [-0.3, -0.25) is 9.59 Å². The number of nitrogens with zero attached hydrogens (tertiary/aromatic N) is 1. The fourth-order valence-electron chi connectivity index (χ4n) is 5.97. The molecule has 9 atom stereocenters. The highest BCUT2D eigenvalue weighted by Crippen LogP contribution is 2.56. The number of aliphatic hydroxyl groups is 2. The molecule has 2 aliphatic heterocycles. The number of Topliss-reactive ketones (excluding diaryl/α,β-unsaturated/α-hetero) is 1. The summed E-state index contributed by atoms with van der Waals surface area (Å²) in [7, 11) is 0. The first-order valence-corrected chi connectivity index (χ1v) is 14.0. The number of aryl methyl sites for hydroxylation is 1. The first-order chi connectivity index (χ1) is 16.7. The van der Waals surface area contributed by atoms with E-state index in [9.17, 15) is 19.8 Å². The molecule has 36 heavy (non-hydrogen) atoms. The molecule has 8 heteroatoms. The van der Waals surface area contributed by atoms with E-state index < -0.39 is 35.6 Å². The Hall–Kier alpha value is -1.61. The van der Waals surface area contributed by atoms with Gasteiger partial charge in [-0.05, 0) is 63.0 Å². The lowest BCUT2D eigenvalue weighted by Crippen LogP contribution is -2.46. The minimum atomic E-state index is -1.22. The second kappa shape index (κ2) is 9.93. The maximum atomic E-state index is 13.3. The summed E-state index contributed by atoms with van der Waals surface area (Å²) in [5.74, 6) is -0.686. The molecule has 3 heterocycles. The number of fused-ring (bicyclic) bond motifs is 2. The highest BCUT2D eigenvalue weighted by atomic mass is 32.1. The van der Waals surface area contributed by atoms with Gasteiger partial charge >= 0.3 is 5.97 Å². The Balaban J connectivity index is 1.59. The van der Waals surface area contributed by atoms with Crippen LogP contribution in [0.2, 0.25) is 0 Å². The van der Waals surface area contributed by atoms with Crippen molar-refractivity contribution in [1.82, 2.24) is 4.98 Å². The molecular formula is C28H41NO6S. The third-order valence-corrected chi connectivity index (χ3v) is 9.66. The summed E-state index contributed by atoms with van der Waals surface area (Å²) in [6.45, 7) is 13.0. The van der Waals surface area contributed by atoms with E-state index in [4.69, 9.17) is 9.47 Å². The maximum absolute atomic E-state index is 13.3. The molecule has 1 aromatic heterocycles. The SMILES string of the molecule is C/C(=C\c1csc(C)n1)[C@@H]1C[C@@H]2O[C@]2(C)C[C@H]2C[C@@H]2[C@H](C)[C@H](O)[C@@H](C)C(=O)C(C)(C)[C@@H](O)CC(=O)O1. The molecule has 0 unspecified atom stereocenters. The Bertz CT molecular complexity index is 1030. The second-order valence-corrected chi connectivity index (χ2v) is 13.2. The fourth-order valence-corrected chi connectivity index (χ4v) is 6.54. The average Bonchev–Trinajstić information content (AvgIpc) is 3.66. The number of thiazole rings is 1. The molecule has 1 aromatic rings. The number of aliphatic hydroxyl groups excluding tert-OH is 2. The predicted molar refractivity (Wildman–Crippen MR) is 138 cm³/mol. The highest BCUT2D eigenvalue weighted by molar-refractivity contribution is 7.09. The lowest BCUT2D eigenvalue weighted by molar-refractivity contribution is -0.154. The van der Waals surface area contributed by atoms with Gasteiger partial charge < -0.3 is 19.7 Å². The molecule has 1 aliphatic carbocycles. The van der Waals surface area contributed by atoms with Gasteiger partial charge in [0.1, 0.15) is 11.9 Å². The molecule has 0 bridgehead atoms. The number of esters is 1. The largest absolute Gasteiger partial charge is 0.458 e. The van der Waals surface area contributed by atoms with Crippen LogP contribution in [-0.4, -0.2) is 57.0 Å². The van der Waals surface area contributed by atoms with Crippen molar-refractivity contribution < 1.29 is 29.3 Å². The lowest BCUT2D eigenvalue weighted by Gasteiger charge is -2.34. The van der Waals surface area contributed by atoms with Gasteiger partial charge in [0, 0.05) is 17.7 Å². The molecule has 3 fully saturated rings. The van der Waals surface area contributed by atoms with Crippen molar-refractivity contribution in [3.8, 4) is 0 Å². The van der Waals surface area contributed by atoms with Crippen molar-refractivity contribution in [2.45, 2.75) is 104 Å². The quantitative estimate of drug-likeness (QED) is 0.442. The van der Waals surface area contributed by atoms with Crippen molar-refractivity contribution in [3.63, 3.8) is 0 Å². The average molecular weight is 520 g/mol. The molecule has 2 saturated heterocycles. The molecule has 0 aromatic carbocycles. The van der Waals surface area contributed by atoms with Gasteiger partial charge in [0.2, 0.25) is 0 Å². The van der Waals surface area contributed by atoms with E-state index in [1.165, 1.54) is 0 Å². The van der Waals surface area contributed by atoms with Gasteiger partial charge in [0.15, 0.2) is 0 Å². The molecule has 0 spiro atoms. The van der Waals surface area contributed by atoms with Crippen molar-refractivity contribution in [3.05, 3.63) is 21.7 Å². The maximum Gasteiger partial charge on any atom is 0.309 e. The number of carbonyl (C=O) groups is 2. The van der Waals surface area contributed by atoms with Crippen molar-refractivity contribution in [2.24, 2.45) is 29.1 Å². The summed E-state index contributed by atoms with van der Waals surface area (Å²) in [6, 6.07) is 0. The van der Waals surface area contributed by atoms with E-state index in [1.54, 1.807) is 32.1 Å². The molecule has 3 aliphatic rings. The Morgan fingerprint density at radius 3 is 2.53 bits per heavy atom. The van der Waals surface area contributed by atoms with E-state index in [1.807, 2.05) is 32.2 Å². The minimum absolute atomic E-state index is 0.0277. The Kier molecular flexibility index (Phi) is 7.57. The number of hydrogen-bond acceptors (Lipinski definition) is 8. The van der Waals surface area contributed by atoms with Gasteiger partial charge in [-0.15, -0.1) is 11.3 Å². The van der Waals surface area contributed by atoms with Crippen LogP contribution in [0.3, 0.4) is 0 Å². The third-order valence-electron chi connectivity index (χ3n) is 8.87. The molecule has 2 N–H and O–H groups in total. The topological polar surface area (TPSA) is 109 Å². The summed E-state index contributed by atoms with van der Waals surface area (Å²) >= 11 is 1.56. The Morgan fingerprint density at radius 1 is 1.19 bits per heavy atom. The first kappa shape index (κ1) is 27.4. The van der Waals surface area contributed by atoms with Crippen LogP contribution in [0.25, 0.3) is 6.08 Å². The molecule has 1 saturated carbocycles. The van der Waals surface area contributed by atoms with Crippen LogP contribution >= 0.6 is 11.3 Å². The summed E-state index contributed by atoms with van der Waals surface area (Å²) in [4.78, 5) is 30.8. The number of cyclic esters (lactones) is 1. The lowest BCUT2D eigenvalue weighted by atomic mass is 9.72. The van der Waals surface area contributed by atoms with Crippen LogP contribution in [0.1, 0.15) is 77.9 Å². The summed E-state index contributed by atoms with van der Waals surface area (Å²) < 4.78 is 12.1. The van der Waals surface area contributed by atoms with Crippen LogP contribution in [-0.2, 0) is 19.1 Å². The van der Waals surface area contributed by atoms with Crippen molar-refractivity contribution >= 4 is 29.2 Å². The zero-order valence-electron chi connectivity index (χ0n) is 22.5. The summed E-state index contributed by atoms with van der Waals surface area (Å²) in [5, 5.41) is 24.9.